The van der Waals surface area contributed by atoms with Crippen LogP contribution >= 0.6 is 0 Å². The number of fused-ring (bicyclic) bond motifs is 6. The summed E-state index contributed by atoms with van der Waals surface area (Å²) >= 11 is 0. The molecule has 0 aliphatic heterocycles. The molecule has 2 aromatic heterocycles. The van der Waals surface area contributed by atoms with Crippen LogP contribution in [0.15, 0.2) is 127 Å². The molecule has 268 valence electrons. The fourth-order valence-electron chi connectivity index (χ4n) is 8.43. The predicted molar refractivity (Wildman–Crippen MR) is 230 cm³/mol. The number of hydrogen-bond acceptors (Lipinski definition) is 0. The van der Waals surface area contributed by atoms with Gasteiger partial charge in [0.2, 0.25) is 0 Å². The Bertz CT molecular complexity index is 2630. The Morgan fingerprint density at radius 3 is 1.68 bits per heavy atom. The van der Waals surface area contributed by atoms with Gasteiger partial charge in [-0.1, -0.05) is 142 Å². The SMILES string of the molecule is CC(C)c1cccc2c3cc(C(C)(C)C)ccc3n(-c3ccc(CC(C)(C)c4ccc5c(c4)c4ccc(C(C)(C)C)cc4n5-c4ccccc4)cc3)c12. The fraction of sp³-hybridized carbons (Fsp3) is 0.294. The van der Waals surface area contributed by atoms with E-state index in [9.17, 15) is 0 Å². The maximum Gasteiger partial charge on any atom is 0.0575 e. The Morgan fingerprint density at radius 2 is 1.02 bits per heavy atom. The molecule has 53 heavy (non-hydrogen) atoms. The van der Waals surface area contributed by atoms with Gasteiger partial charge in [0.1, 0.15) is 0 Å². The molecule has 8 aromatic rings. The highest BCUT2D eigenvalue weighted by atomic mass is 15.0. The standard InChI is InChI=1S/C51H54N2/c1-33(2)40-17-14-18-42-44-29-35(49(3,4)5)22-27-46(44)53(48(40)42)39-24-19-34(20-25-39)32-51(9,10)37-23-28-45-43(30-37)41-26-21-36(50(6,7)8)31-47(41)52(45)38-15-12-11-13-16-38/h11-31,33H,32H2,1-10H3. The van der Waals surface area contributed by atoms with Crippen molar-refractivity contribution in [2.24, 2.45) is 0 Å². The predicted octanol–water partition coefficient (Wildman–Crippen LogP) is 14.1. The van der Waals surface area contributed by atoms with Gasteiger partial charge in [0.05, 0.1) is 22.1 Å². The van der Waals surface area contributed by atoms with Gasteiger partial charge in [-0.3, -0.25) is 0 Å². The lowest BCUT2D eigenvalue weighted by Gasteiger charge is -2.26. The number of para-hydroxylation sites is 2. The van der Waals surface area contributed by atoms with Crippen LogP contribution in [0.25, 0.3) is 55.0 Å². The summed E-state index contributed by atoms with van der Waals surface area (Å²) in [6.07, 6.45) is 0.948. The first-order valence-electron chi connectivity index (χ1n) is 19.4. The van der Waals surface area contributed by atoms with Crippen LogP contribution in [0.1, 0.15) is 103 Å². The summed E-state index contributed by atoms with van der Waals surface area (Å²) < 4.78 is 4.95. The Balaban J connectivity index is 1.19. The van der Waals surface area contributed by atoms with E-state index in [4.69, 9.17) is 0 Å². The molecule has 2 heteroatoms. The number of aromatic nitrogens is 2. The third-order valence-corrected chi connectivity index (χ3v) is 11.6. The van der Waals surface area contributed by atoms with Crippen molar-refractivity contribution < 1.29 is 0 Å². The van der Waals surface area contributed by atoms with E-state index < -0.39 is 0 Å². The fourth-order valence-corrected chi connectivity index (χ4v) is 8.43. The smallest absolute Gasteiger partial charge is 0.0575 e. The molecule has 6 aromatic carbocycles. The summed E-state index contributed by atoms with van der Waals surface area (Å²) in [4.78, 5) is 0. The van der Waals surface area contributed by atoms with E-state index in [0.717, 1.165) is 6.42 Å². The third-order valence-electron chi connectivity index (χ3n) is 11.6. The topological polar surface area (TPSA) is 9.86 Å². The lowest BCUT2D eigenvalue weighted by molar-refractivity contribution is 0.523. The summed E-state index contributed by atoms with van der Waals surface area (Å²) in [5.74, 6) is 0.420. The van der Waals surface area contributed by atoms with Gasteiger partial charge in [-0.05, 0) is 111 Å². The molecule has 0 amide bonds. The monoisotopic (exact) mass is 694 g/mol. The summed E-state index contributed by atoms with van der Waals surface area (Å²) in [6, 6.07) is 48.3. The molecule has 0 atom stereocenters. The second-order valence-electron chi connectivity index (χ2n) is 18.3. The second kappa shape index (κ2) is 12.5. The van der Waals surface area contributed by atoms with Gasteiger partial charge in [-0.15, -0.1) is 0 Å². The number of rotatable bonds is 6. The summed E-state index contributed by atoms with van der Waals surface area (Å²) in [6.45, 7) is 23.2. The van der Waals surface area contributed by atoms with E-state index in [1.807, 2.05) is 0 Å². The normalized spacial score (nSPS) is 13.0. The molecular weight excluding hydrogens is 641 g/mol. The van der Waals surface area contributed by atoms with Crippen LogP contribution in [0.3, 0.4) is 0 Å². The van der Waals surface area contributed by atoms with Gasteiger partial charge in [0.15, 0.2) is 0 Å². The van der Waals surface area contributed by atoms with Crippen LogP contribution in [0, 0.1) is 0 Å². The molecule has 0 saturated heterocycles. The Morgan fingerprint density at radius 1 is 0.453 bits per heavy atom. The highest BCUT2D eigenvalue weighted by Crippen LogP contribution is 2.40. The Labute approximate surface area is 316 Å². The average Bonchev–Trinajstić information content (AvgIpc) is 3.63. The van der Waals surface area contributed by atoms with E-state index in [1.54, 1.807) is 0 Å². The quantitative estimate of drug-likeness (QED) is 0.164. The Kier molecular flexibility index (Phi) is 8.26. The average molecular weight is 695 g/mol. The van der Waals surface area contributed by atoms with Gasteiger partial charge in [-0.2, -0.15) is 0 Å². The van der Waals surface area contributed by atoms with E-state index in [-0.39, 0.29) is 16.2 Å². The number of benzene rings is 6. The molecular formula is C51H54N2. The van der Waals surface area contributed by atoms with Crippen LogP contribution < -0.4 is 0 Å². The third kappa shape index (κ3) is 6.07. The molecule has 0 spiro atoms. The van der Waals surface area contributed by atoms with E-state index in [1.165, 1.54) is 82.8 Å². The first-order valence-corrected chi connectivity index (χ1v) is 19.4. The lowest BCUT2D eigenvalue weighted by Crippen LogP contribution is -2.20. The molecule has 2 nitrogen and oxygen atoms in total. The molecule has 0 fully saturated rings. The van der Waals surface area contributed by atoms with Crippen molar-refractivity contribution in [2.75, 3.05) is 0 Å². The van der Waals surface area contributed by atoms with Gasteiger partial charge in [0, 0.05) is 32.9 Å². The molecule has 8 rings (SSSR count). The maximum atomic E-state index is 2.50. The van der Waals surface area contributed by atoms with Crippen molar-refractivity contribution in [1.82, 2.24) is 9.13 Å². The van der Waals surface area contributed by atoms with E-state index >= 15 is 0 Å². The minimum atomic E-state index is -0.0662. The van der Waals surface area contributed by atoms with Crippen molar-refractivity contribution in [2.45, 2.75) is 97.8 Å². The first kappa shape index (κ1) is 35.0. The largest absolute Gasteiger partial charge is 0.309 e. The van der Waals surface area contributed by atoms with Gasteiger partial charge < -0.3 is 9.13 Å². The van der Waals surface area contributed by atoms with Gasteiger partial charge in [-0.25, -0.2) is 0 Å². The van der Waals surface area contributed by atoms with Crippen LogP contribution in [-0.4, -0.2) is 9.13 Å². The highest BCUT2D eigenvalue weighted by molar-refractivity contribution is 6.11. The van der Waals surface area contributed by atoms with E-state index in [0.29, 0.717) is 5.92 Å². The molecule has 0 radical (unpaired) electrons. The molecule has 0 aliphatic carbocycles. The van der Waals surface area contributed by atoms with Gasteiger partial charge in [0.25, 0.3) is 0 Å². The van der Waals surface area contributed by atoms with Crippen LogP contribution in [0.4, 0.5) is 0 Å². The van der Waals surface area contributed by atoms with Crippen LogP contribution in [0.5, 0.6) is 0 Å². The second-order valence-corrected chi connectivity index (χ2v) is 18.3. The minimum absolute atomic E-state index is 0.0662. The molecule has 0 unspecified atom stereocenters. The van der Waals surface area contributed by atoms with Crippen molar-refractivity contribution >= 4 is 43.6 Å². The summed E-state index contributed by atoms with van der Waals surface area (Å²) in [7, 11) is 0. The Hall–Kier alpha value is -5.08. The molecule has 2 heterocycles. The molecule has 0 saturated carbocycles. The lowest BCUT2D eigenvalue weighted by atomic mass is 9.78. The molecule has 0 bridgehead atoms. The van der Waals surface area contributed by atoms with Crippen molar-refractivity contribution in [1.29, 1.82) is 0 Å². The molecule has 0 aliphatic rings. The zero-order chi connectivity index (χ0) is 37.4. The maximum absolute atomic E-state index is 2.50. The zero-order valence-corrected chi connectivity index (χ0v) is 33.3. The minimum Gasteiger partial charge on any atom is -0.309 e. The number of hydrogen-bond donors (Lipinski definition) is 0. The summed E-state index contributed by atoms with van der Waals surface area (Å²) in [5, 5.41) is 5.28. The number of nitrogens with zero attached hydrogens (tertiary/aromatic N) is 2. The van der Waals surface area contributed by atoms with Gasteiger partial charge >= 0.3 is 0 Å². The summed E-state index contributed by atoms with van der Waals surface area (Å²) in [5.41, 5.74) is 14.4. The van der Waals surface area contributed by atoms with Crippen LogP contribution in [0.2, 0.25) is 0 Å². The van der Waals surface area contributed by atoms with Crippen molar-refractivity contribution in [3.63, 3.8) is 0 Å². The zero-order valence-electron chi connectivity index (χ0n) is 33.3. The van der Waals surface area contributed by atoms with Crippen molar-refractivity contribution in [3.8, 4) is 11.4 Å². The van der Waals surface area contributed by atoms with Crippen LogP contribution in [-0.2, 0) is 22.7 Å². The first-order chi connectivity index (χ1) is 25.1. The molecule has 0 N–H and O–H groups in total. The van der Waals surface area contributed by atoms with E-state index in [2.05, 4.69) is 206 Å². The highest BCUT2D eigenvalue weighted by Gasteiger charge is 2.25. The van der Waals surface area contributed by atoms with Crippen molar-refractivity contribution in [3.05, 3.63) is 155 Å².